The van der Waals surface area contributed by atoms with Gasteiger partial charge in [-0.1, -0.05) is 46.7 Å². The van der Waals surface area contributed by atoms with Crippen molar-refractivity contribution in [3.63, 3.8) is 0 Å². The maximum Gasteiger partial charge on any atom is 0.322 e. The highest BCUT2D eigenvalue weighted by Gasteiger charge is 2.33. The number of nitrogens with zero attached hydrogens (tertiary/aromatic N) is 3. The first kappa shape index (κ1) is 21.5. The third-order valence-corrected chi connectivity index (χ3v) is 6.45. The average Bonchev–Trinajstić information content (AvgIpc) is 3.40. The van der Waals surface area contributed by atoms with E-state index >= 15 is 0 Å². The van der Waals surface area contributed by atoms with Crippen molar-refractivity contribution in [2.24, 2.45) is 0 Å². The van der Waals surface area contributed by atoms with Crippen molar-refractivity contribution in [3.8, 4) is 0 Å². The van der Waals surface area contributed by atoms with Crippen molar-refractivity contribution in [2.75, 3.05) is 17.2 Å². The third kappa shape index (κ3) is 4.98. The summed E-state index contributed by atoms with van der Waals surface area (Å²) in [5, 5.41) is 15.8. The van der Waals surface area contributed by atoms with Gasteiger partial charge in [0.1, 0.15) is 5.01 Å². The summed E-state index contributed by atoms with van der Waals surface area (Å²) in [7, 11) is 0. The van der Waals surface area contributed by atoms with Gasteiger partial charge in [0.15, 0.2) is 0 Å². The first-order valence-electron chi connectivity index (χ1n) is 9.65. The second-order valence-corrected chi connectivity index (χ2v) is 9.03. The van der Waals surface area contributed by atoms with Crippen LogP contribution in [0, 0.1) is 6.92 Å². The van der Waals surface area contributed by atoms with Crippen LogP contribution < -0.4 is 10.6 Å². The third-order valence-electron chi connectivity index (χ3n) is 4.96. The van der Waals surface area contributed by atoms with Crippen LogP contribution in [-0.4, -0.2) is 33.6 Å². The Morgan fingerprint density at radius 3 is 2.71 bits per heavy atom. The van der Waals surface area contributed by atoms with Crippen molar-refractivity contribution in [1.29, 1.82) is 0 Å². The molecular weight excluding hydrogens is 457 g/mol. The SMILES string of the molecule is Cc1ccc(Cl)cc1NC(=O)N1CCC[C@H]1c1nnc(C(=O)Nc2cccc(Cl)c2)s1. The fourth-order valence-corrected chi connectivity index (χ4v) is 4.64. The van der Waals surface area contributed by atoms with Gasteiger partial charge in [0.2, 0.25) is 5.01 Å². The maximum atomic E-state index is 12.9. The molecule has 1 fully saturated rings. The van der Waals surface area contributed by atoms with Crippen molar-refractivity contribution >= 4 is 57.9 Å². The van der Waals surface area contributed by atoms with Gasteiger partial charge in [-0.2, -0.15) is 0 Å². The zero-order chi connectivity index (χ0) is 22.0. The molecular formula is C21H19Cl2N5O2S. The number of nitrogens with one attached hydrogen (secondary N) is 2. The predicted molar refractivity (Wildman–Crippen MR) is 123 cm³/mol. The van der Waals surface area contributed by atoms with Crippen LogP contribution in [0.2, 0.25) is 10.0 Å². The summed E-state index contributed by atoms with van der Waals surface area (Å²) in [5.74, 6) is -0.366. The van der Waals surface area contributed by atoms with E-state index in [0.29, 0.717) is 33.0 Å². The number of likely N-dealkylation sites (tertiary alicyclic amines) is 1. The van der Waals surface area contributed by atoms with Crippen LogP contribution in [0.25, 0.3) is 0 Å². The van der Waals surface area contributed by atoms with E-state index in [1.165, 1.54) is 11.3 Å². The van der Waals surface area contributed by atoms with E-state index in [9.17, 15) is 9.59 Å². The van der Waals surface area contributed by atoms with Gasteiger partial charge in [-0.25, -0.2) is 4.79 Å². The lowest BCUT2D eigenvalue weighted by molar-refractivity contribution is 0.102. The number of aromatic nitrogens is 2. The van der Waals surface area contributed by atoms with E-state index in [1.807, 2.05) is 13.0 Å². The summed E-state index contributed by atoms with van der Waals surface area (Å²) in [5.41, 5.74) is 2.17. The van der Waals surface area contributed by atoms with Gasteiger partial charge in [0.25, 0.3) is 5.91 Å². The topological polar surface area (TPSA) is 87.2 Å². The Kier molecular flexibility index (Phi) is 6.41. The molecule has 31 heavy (non-hydrogen) atoms. The number of amides is 3. The molecule has 2 N–H and O–H groups in total. The van der Waals surface area contributed by atoms with E-state index in [1.54, 1.807) is 41.3 Å². The molecule has 0 unspecified atom stereocenters. The Balaban J connectivity index is 1.46. The zero-order valence-corrected chi connectivity index (χ0v) is 18.9. The summed E-state index contributed by atoms with van der Waals surface area (Å²) in [6, 6.07) is 11.8. The van der Waals surface area contributed by atoms with E-state index in [0.717, 1.165) is 18.4 Å². The van der Waals surface area contributed by atoms with Gasteiger partial charge < -0.3 is 15.5 Å². The summed E-state index contributed by atoms with van der Waals surface area (Å²) in [6.07, 6.45) is 1.60. The van der Waals surface area contributed by atoms with Crippen LogP contribution >= 0.6 is 34.5 Å². The Labute approximate surface area is 193 Å². The van der Waals surface area contributed by atoms with Crippen molar-refractivity contribution < 1.29 is 9.59 Å². The number of hydrogen-bond donors (Lipinski definition) is 2. The molecule has 2 heterocycles. The molecule has 0 saturated carbocycles. The highest BCUT2D eigenvalue weighted by Crippen LogP contribution is 2.34. The summed E-state index contributed by atoms with van der Waals surface area (Å²) in [4.78, 5) is 27.2. The minimum atomic E-state index is -0.366. The van der Waals surface area contributed by atoms with Crippen LogP contribution in [0.5, 0.6) is 0 Å². The molecule has 0 bridgehead atoms. The number of hydrogen-bond acceptors (Lipinski definition) is 5. The normalized spacial score (nSPS) is 15.7. The molecule has 0 spiro atoms. The lowest BCUT2D eigenvalue weighted by Gasteiger charge is -2.23. The van der Waals surface area contributed by atoms with Crippen LogP contribution in [0.3, 0.4) is 0 Å². The minimum Gasteiger partial charge on any atom is -0.320 e. The maximum absolute atomic E-state index is 12.9. The highest BCUT2D eigenvalue weighted by molar-refractivity contribution is 7.13. The number of benzene rings is 2. The first-order valence-corrected chi connectivity index (χ1v) is 11.2. The number of rotatable bonds is 4. The zero-order valence-electron chi connectivity index (χ0n) is 16.6. The predicted octanol–water partition coefficient (Wildman–Crippen LogP) is 5.77. The van der Waals surface area contributed by atoms with Gasteiger partial charge >= 0.3 is 6.03 Å². The van der Waals surface area contributed by atoms with Crippen molar-refractivity contribution in [1.82, 2.24) is 15.1 Å². The van der Waals surface area contributed by atoms with E-state index in [2.05, 4.69) is 20.8 Å². The molecule has 160 valence electrons. The fourth-order valence-electron chi connectivity index (χ4n) is 3.39. The first-order chi connectivity index (χ1) is 14.9. The Morgan fingerprint density at radius 2 is 1.90 bits per heavy atom. The number of carbonyl (C=O) groups is 2. The van der Waals surface area contributed by atoms with Gasteiger partial charge in [-0.3, -0.25) is 4.79 Å². The van der Waals surface area contributed by atoms with Gasteiger partial charge in [-0.15, -0.1) is 10.2 Å². The molecule has 1 aromatic heterocycles. The molecule has 1 atom stereocenters. The van der Waals surface area contributed by atoms with Gasteiger partial charge in [0, 0.05) is 28.0 Å². The summed E-state index contributed by atoms with van der Waals surface area (Å²) >= 11 is 13.2. The molecule has 0 radical (unpaired) electrons. The van der Waals surface area contributed by atoms with Gasteiger partial charge in [0.05, 0.1) is 6.04 Å². The molecule has 7 nitrogen and oxygen atoms in total. The second-order valence-electron chi connectivity index (χ2n) is 7.15. The monoisotopic (exact) mass is 475 g/mol. The highest BCUT2D eigenvalue weighted by atomic mass is 35.5. The molecule has 0 aliphatic carbocycles. The minimum absolute atomic E-state index is 0.229. The lowest BCUT2D eigenvalue weighted by Crippen LogP contribution is -2.34. The molecule has 1 aliphatic heterocycles. The average molecular weight is 476 g/mol. The van der Waals surface area contributed by atoms with Crippen LogP contribution in [-0.2, 0) is 0 Å². The lowest BCUT2D eigenvalue weighted by atomic mass is 10.2. The Bertz CT molecular complexity index is 1140. The molecule has 4 rings (SSSR count). The van der Waals surface area contributed by atoms with Crippen molar-refractivity contribution in [3.05, 3.63) is 68.1 Å². The number of halogens is 2. The summed E-state index contributed by atoms with van der Waals surface area (Å²) < 4.78 is 0. The molecule has 1 saturated heterocycles. The summed E-state index contributed by atoms with van der Waals surface area (Å²) in [6.45, 7) is 2.50. The molecule has 10 heteroatoms. The van der Waals surface area contributed by atoms with Gasteiger partial charge in [-0.05, 0) is 55.7 Å². The molecule has 2 aromatic carbocycles. The standard InChI is InChI=1S/C21H19Cl2N5O2S/c1-12-7-8-14(23)11-16(12)25-21(30)28-9-3-6-17(28)19-26-27-20(31-19)18(29)24-15-5-2-4-13(22)10-15/h2,4-5,7-8,10-11,17H,3,6,9H2,1H3,(H,24,29)(H,25,30)/t17-/m0/s1. The van der Waals surface area contributed by atoms with Crippen LogP contribution in [0.4, 0.5) is 16.2 Å². The molecule has 3 amide bonds. The largest absolute Gasteiger partial charge is 0.322 e. The van der Waals surface area contributed by atoms with Crippen LogP contribution in [0.15, 0.2) is 42.5 Å². The molecule has 1 aliphatic rings. The number of carbonyl (C=O) groups excluding carboxylic acids is 2. The van der Waals surface area contributed by atoms with E-state index in [4.69, 9.17) is 23.2 Å². The van der Waals surface area contributed by atoms with E-state index < -0.39 is 0 Å². The Morgan fingerprint density at radius 1 is 1.10 bits per heavy atom. The second kappa shape index (κ2) is 9.21. The Hall–Kier alpha value is -2.68. The van der Waals surface area contributed by atoms with Crippen molar-refractivity contribution in [2.45, 2.75) is 25.8 Å². The fraction of sp³-hybridized carbons (Fsp3) is 0.238. The number of aryl methyl sites for hydroxylation is 1. The number of anilines is 2. The number of urea groups is 1. The van der Waals surface area contributed by atoms with Crippen LogP contribution in [0.1, 0.15) is 39.3 Å². The smallest absolute Gasteiger partial charge is 0.320 e. The quantitative estimate of drug-likeness (QED) is 0.500. The molecule has 3 aromatic rings. The van der Waals surface area contributed by atoms with E-state index in [-0.39, 0.29) is 23.0 Å².